The molecule has 108 valence electrons. The van der Waals surface area contributed by atoms with Gasteiger partial charge in [-0.15, -0.1) is 0 Å². The smallest absolute Gasteiger partial charge is 0.330 e. The minimum absolute atomic E-state index is 0.275. The van der Waals surface area contributed by atoms with Crippen molar-refractivity contribution >= 4 is 5.69 Å². The maximum Gasteiger partial charge on any atom is 0.330 e. The Morgan fingerprint density at radius 3 is 2.55 bits per heavy atom. The van der Waals surface area contributed by atoms with Crippen molar-refractivity contribution in [1.82, 2.24) is 18.9 Å². The summed E-state index contributed by atoms with van der Waals surface area (Å²) in [5.41, 5.74) is 1.80. The summed E-state index contributed by atoms with van der Waals surface area (Å²) >= 11 is 0. The summed E-state index contributed by atoms with van der Waals surface area (Å²) in [4.78, 5) is 23.6. The largest absolute Gasteiger partial charge is 0.378 e. The summed E-state index contributed by atoms with van der Waals surface area (Å²) in [6.07, 6.45) is 4.26. The molecule has 2 rings (SSSR count). The number of anilines is 1. The molecule has 2 heterocycles. The molecule has 0 bridgehead atoms. The van der Waals surface area contributed by atoms with Crippen molar-refractivity contribution in [3.63, 3.8) is 0 Å². The predicted molar refractivity (Wildman–Crippen MR) is 76.8 cm³/mol. The van der Waals surface area contributed by atoms with Crippen molar-refractivity contribution in [2.75, 3.05) is 5.32 Å². The number of nitrogens with zero attached hydrogens (tertiary/aromatic N) is 4. The fourth-order valence-corrected chi connectivity index (χ4v) is 2.14. The third kappa shape index (κ3) is 2.52. The predicted octanol–water partition coefficient (Wildman–Crippen LogP) is -0.00800. The summed E-state index contributed by atoms with van der Waals surface area (Å²) in [5.74, 6) is 0. The van der Waals surface area contributed by atoms with E-state index in [9.17, 15) is 9.59 Å². The van der Waals surface area contributed by atoms with E-state index in [0.29, 0.717) is 12.1 Å². The first-order valence-electron chi connectivity index (χ1n) is 6.46. The van der Waals surface area contributed by atoms with E-state index in [-0.39, 0.29) is 11.2 Å². The topological polar surface area (TPSA) is 73.8 Å². The zero-order chi connectivity index (χ0) is 14.9. The van der Waals surface area contributed by atoms with Crippen LogP contribution >= 0.6 is 0 Å². The van der Waals surface area contributed by atoms with Gasteiger partial charge in [-0.25, -0.2) is 4.79 Å². The molecule has 0 aromatic carbocycles. The van der Waals surface area contributed by atoms with Crippen LogP contribution in [0.3, 0.4) is 0 Å². The second-order valence-electron chi connectivity index (χ2n) is 4.78. The molecule has 0 unspecified atom stereocenters. The molecule has 2 aromatic rings. The van der Waals surface area contributed by atoms with Crippen LogP contribution in [0.4, 0.5) is 5.69 Å². The highest BCUT2D eigenvalue weighted by molar-refractivity contribution is 5.46. The van der Waals surface area contributed by atoms with Crippen molar-refractivity contribution in [3.05, 3.63) is 44.5 Å². The van der Waals surface area contributed by atoms with E-state index in [4.69, 9.17) is 0 Å². The average molecular weight is 277 g/mol. The summed E-state index contributed by atoms with van der Waals surface area (Å²) in [5, 5.41) is 7.53. The number of aryl methyl sites for hydroxylation is 3. The Hall–Kier alpha value is -2.31. The molecule has 20 heavy (non-hydrogen) atoms. The van der Waals surface area contributed by atoms with Crippen LogP contribution in [0.2, 0.25) is 0 Å². The summed E-state index contributed by atoms with van der Waals surface area (Å²) in [6, 6.07) is 0. The Bertz CT molecular complexity index is 738. The van der Waals surface area contributed by atoms with Gasteiger partial charge in [-0.05, 0) is 6.42 Å². The van der Waals surface area contributed by atoms with Crippen LogP contribution in [0.15, 0.2) is 22.0 Å². The Balaban J connectivity index is 2.28. The van der Waals surface area contributed by atoms with Gasteiger partial charge in [0.05, 0.1) is 16.9 Å². The van der Waals surface area contributed by atoms with Crippen LogP contribution in [-0.4, -0.2) is 18.9 Å². The molecule has 0 saturated heterocycles. The molecule has 7 heteroatoms. The van der Waals surface area contributed by atoms with Crippen LogP contribution in [0.5, 0.6) is 0 Å². The van der Waals surface area contributed by atoms with E-state index in [0.717, 1.165) is 22.4 Å². The molecule has 0 aliphatic rings. The third-order valence-electron chi connectivity index (χ3n) is 3.23. The molecule has 0 amide bonds. The minimum Gasteiger partial charge on any atom is -0.378 e. The van der Waals surface area contributed by atoms with Crippen LogP contribution in [0, 0.1) is 0 Å². The van der Waals surface area contributed by atoms with Crippen molar-refractivity contribution in [3.8, 4) is 0 Å². The molecule has 0 spiro atoms. The van der Waals surface area contributed by atoms with Crippen LogP contribution in [0.25, 0.3) is 0 Å². The van der Waals surface area contributed by atoms with Crippen LogP contribution < -0.4 is 16.6 Å². The van der Waals surface area contributed by atoms with Gasteiger partial charge in [-0.1, -0.05) is 6.92 Å². The first kappa shape index (κ1) is 14.1. The van der Waals surface area contributed by atoms with Crippen molar-refractivity contribution < 1.29 is 0 Å². The Kier molecular flexibility index (Phi) is 3.78. The quantitative estimate of drug-likeness (QED) is 0.853. The number of aromatic nitrogens is 4. The van der Waals surface area contributed by atoms with Gasteiger partial charge in [0, 0.05) is 40.1 Å². The monoisotopic (exact) mass is 277 g/mol. The Morgan fingerprint density at radius 2 is 1.90 bits per heavy atom. The minimum atomic E-state index is -0.325. The van der Waals surface area contributed by atoms with Gasteiger partial charge in [0.2, 0.25) is 0 Å². The lowest BCUT2D eigenvalue weighted by molar-refractivity contribution is 0.671. The Morgan fingerprint density at radius 1 is 1.20 bits per heavy atom. The zero-order valence-electron chi connectivity index (χ0n) is 12.2. The molecule has 7 nitrogen and oxygen atoms in total. The maximum atomic E-state index is 12.0. The highest BCUT2D eigenvalue weighted by Crippen LogP contribution is 2.14. The average Bonchev–Trinajstić information content (AvgIpc) is 2.79. The number of hydrogen-bond acceptors (Lipinski definition) is 4. The maximum absolute atomic E-state index is 12.0. The number of nitrogens with one attached hydrogen (secondary N) is 1. The fraction of sp³-hybridized carbons (Fsp3) is 0.462. The summed E-state index contributed by atoms with van der Waals surface area (Å²) in [6.45, 7) is 2.39. The molecule has 0 atom stereocenters. The highest BCUT2D eigenvalue weighted by Gasteiger charge is 2.09. The van der Waals surface area contributed by atoms with Gasteiger partial charge in [0.1, 0.15) is 0 Å². The van der Waals surface area contributed by atoms with E-state index in [1.54, 1.807) is 17.9 Å². The van der Waals surface area contributed by atoms with Gasteiger partial charge in [0.25, 0.3) is 5.56 Å². The Labute approximate surface area is 116 Å². The SMILES string of the molecule is CCc1nn(C)cc1NCc1cn(C)c(=O)n(C)c1=O. The van der Waals surface area contributed by atoms with E-state index >= 15 is 0 Å². The molecule has 0 fully saturated rings. The number of rotatable bonds is 4. The lowest BCUT2D eigenvalue weighted by atomic mass is 10.2. The van der Waals surface area contributed by atoms with Gasteiger partial charge < -0.3 is 9.88 Å². The third-order valence-corrected chi connectivity index (χ3v) is 3.23. The van der Waals surface area contributed by atoms with Crippen molar-refractivity contribution in [2.45, 2.75) is 19.9 Å². The first-order valence-corrected chi connectivity index (χ1v) is 6.46. The first-order chi connectivity index (χ1) is 9.43. The van der Waals surface area contributed by atoms with Crippen LogP contribution in [-0.2, 0) is 34.1 Å². The summed E-state index contributed by atoms with van der Waals surface area (Å²) < 4.78 is 4.25. The molecule has 0 aliphatic carbocycles. The fourth-order valence-electron chi connectivity index (χ4n) is 2.14. The van der Waals surface area contributed by atoms with Gasteiger partial charge in [-0.3, -0.25) is 14.0 Å². The molecule has 2 aromatic heterocycles. The standard InChI is InChI=1S/C13H19N5O2/c1-5-10-11(8-17(3)15-10)14-6-9-7-16(2)13(20)18(4)12(9)19/h7-8,14H,5-6H2,1-4H3. The van der Waals surface area contributed by atoms with Crippen molar-refractivity contribution in [2.24, 2.45) is 21.1 Å². The molecular weight excluding hydrogens is 258 g/mol. The lowest BCUT2D eigenvalue weighted by Crippen LogP contribution is -2.38. The van der Waals surface area contributed by atoms with E-state index in [1.165, 1.54) is 11.6 Å². The van der Waals surface area contributed by atoms with E-state index in [2.05, 4.69) is 10.4 Å². The lowest BCUT2D eigenvalue weighted by Gasteiger charge is -2.08. The second-order valence-corrected chi connectivity index (χ2v) is 4.78. The second kappa shape index (κ2) is 5.36. The normalized spacial score (nSPS) is 10.8. The molecule has 1 N–H and O–H groups in total. The van der Waals surface area contributed by atoms with Gasteiger partial charge in [-0.2, -0.15) is 5.10 Å². The van der Waals surface area contributed by atoms with Gasteiger partial charge >= 0.3 is 5.69 Å². The zero-order valence-corrected chi connectivity index (χ0v) is 12.2. The van der Waals surface area contributed by atoms with Gasteiger partial charge in [0.15, 0.2) is 0 Å². The van der Waals surface area contributed by atoms with E-state index in [1.807, 2.05) is 20.2 Å². The van der Waals surface area contributed by atoms with E-state index < -0.39 is 0 Å². The molecular formula is C13H19N5O2. The molecule has 0 saturated carbocycles. The molecule has 0 aliphatic heterocycles. The summed E-state index contributed by atoms with van der Waals surface area (Å²) in [7, 11) is 4.97. The van der Waals surface area contributed by atoms with Crippen molar-refractivity contribution in [1.29, 1.82) is 0 Å². The van der Waals surface area contributed by atoms with Crippen LogP contribution in [0.1, 0.15) is 18.2 Å². The highest BCUT2D eigenvalue weighted by atomic mass is 16.2. The molecule has 0 radical (unpaired) electrons. The number of hydrogen-bond donors (Lipinski definition) is 1.